The van der Waals surface area contributed by atoms with Gasteiger partial charge in [-0.2, -0.15) is 0 Å². The number of anilines is 1. The van der Waals surface area contributed by atoms with E-state index < -0.39 is 0 Å². The normalized spacial score (nSPS) is 10.9. The van der Waals surface area contributed by atoms with Crippen LogP contribution in [0.4, 0.5) is 5.69 Å². The van der Waals surface area contributed by atoms with E-state index in [0.29, 0.717) is 0 Å². The summed E-state index contributed by atoms with van der Waals surface area (Å²) >= 11 is 5.87. The number of nitrogens with zero attached hydrogens (tertiary/aromatic N) is 1. The summed E-state index contributed by atoms with van der Waals surface area (Å²) < 4.78 is 0. The molecular formula is C18H20ClN. The first-order valence-corrected chi connectivity index (χ1v) is 7.29. The summed E-state index contributed by atoms with van der Waals surface area (Å²) in [6, 6.07) is 16.6. The van der Waals surface area contributed by atoms with Crippen LogP contribution in [0.2, 0.25) is 5.02 Å². The van der Waals surface area contributed by atoms with Crippen molar-refractivity contribution < 1.29 is 0 Å². The Morgan fingerprint density at radius 3 is 2.25 bits per heavy atom. The number of halogens is 1. The summed E-state index contributed by atoms with van der Waals surface area (Å²) in [4.78, 5) is 2.23. The predicted molar refractivity (Wildman–Crippen MR) is 89.6 cm³/mol. The molecule has 0 fully saturated rings. The fraction of sp³-hybridized carbons (Fsp3) is 0.222. The van der Waals surface area contributed by atoms with Gasteiger partial charge >= 0.3 is 0 Å². The van der Waals surface area contributed by atoms with E-state index in [-0.39, 0.29) is 0 Å². The molecule has 0 saturated heterocycles. The summed E-state index contributed by atoms with van der Waals surface area (Å²) in [6.07, 6.45) is 5.37. The van der Waals surface area contributed by atoms with Gasteiger partial charge < -0.3 is 4.90 Å². The third-order valence-electron chi connectivity index (χ3n) is 3.34. The monoisotopic (exact) mass is 285 g/mol. The molecule has 0 spiro atoms. The zero-order chi connectivity index (χ0) is 14.4. The number of aryl methyl sites for hydroxylation is 1. The number of hydrogen-bond donors (Lipinski definition) is 0. The Bertz CT molecular complexity index is 555. The van der Waals surface area contributed by atoms with Gasteiger partial charge in [0.15, 0.2) is 0 Å². The van der Waals surface area contributed by atoms with Gasteiger partial charge in [0.05, 0.1) is 0 Å². The van der Waals surface area contributed by atoms with Gasteiger partial charge in [0.1, 0.15) is 0 Å². The molecule has 0 unspecified atom stereocenters. The van der Waals surface area contributed by atoms with E-state index in [1.165, 1.54) is 16.8 Å². The molecule has 0 N–H and O–H groups in total. The highest BCUT2D eigenvalue weighted by Crippen LogP contribution is 2.15. The maximum absolute atomic E-state index is 5.87. The lowest BCUT2D eigenvalue weighted by atomic mass is 10.1. The number of hydrogen-bond acceptors (Lipinski definition) is 1. The molecule has 104 valence electrons. The summed E-state index contributed by atoms with van der Waals surface area (Å²) in [5.41, 5.74) is 3.78. The van der Waals surface area contributed by atoms with Gasteiger partial charge in [-0.1, -0.05) is 54.9 Å². The van der Waals surface area contributed by atoms with Crippen molar-refractivity contribution in [3.63, 3.8) is 0 Å². The highest BCUT2D eigenvalue weighted by Gasteiger charge is 1.98. The highest BCUT2D eigenvalue weighted by molar-refractivity contribution is 6.30. The molecule has 2 heteroatoms. The molecule has 0 amide bonds. The van der Waals surface area contributed by atoms with Gasteiger partial charge in [0.2, 0.25) is 0 Å². The second-order valence-corrected chi connectivity index (χ2v) is 5.29. The van der Waals surface area contributed by atoms with E-state index in [1.807, 2.05) is 24.3 Å². The molecule has 0 radical (unpaired) electrons. The van der Waals surface area contributed by atoms with Crippen molar-refractivity contribution in [3.05, 3.63) is 70.8 Å². The molecule has 0 aliphatic rings. The van der Waals surface area contributed by atoms with Crippen molar-refractivity contribution in [1.29, 1.82) is 0 Å². The van der Waals surface area contributed by atoms with Gasteiger partial charge in [-0.05, 0) is 41.8 Å². The van der Waals surface area contributed by atoms with E-state index in [4.69, 9.17) is 11.6 Å². The molecule has 0 aliphatic heterocycles. The van der Waals surface area contributed by atoms with Gasteiger partial charge in [0.25, 0.3) is 0 Å². The predicted octanol–water partition coefficient (Wildman–Crippen LogP) is 5.05. The standard InChI is InChI=1S/C18H20ClN/c1-3-15-8-12-18(13-9-15)20(2)14-4-5-16-6-10-17(19)11-7-16/h4-13H,3,14H2,1-2H3/b5-4+. The van der Waals surface area contributed by atoms with Crippen molar-refractivity contribution >= 4 is 23.4 Å². The van der Waals surface area contributed by atoms with Gasteiger partial charge in [-0.25, -0.2) is 0 Å². The summed E-state index contributed by atoms with van der Waals surface area (Å²) in [5, 5.41) is 0.773. The fourth-order valence-electron chi connectivity index (χ4n) is 2.01. The summed E-state index contributed by atoms with van der Waals surface area (Å²) in [6.45, 7) is 3.06. The van der Waals surface area contributed by atoms with Crippen LogP contribution in [0.1, 0.15) is 18.1 Å². The van der Waals surface area contributed by atoms with Crippen molar-refractivity contribution in [3.8, 4) is 0 Å². The Balaban J connectivity index is 1.93. The zero-order valence-corrected chi connectivity index (χ0v) is 12.8. The molecule has 2 rings (SSSR count). The van der Waals surface area contributed by atoms with Crippen molar-refractivity contribution in [2.45, 2.75) is 13.3 Å². The number of rotatable bonds is 5. The third kappa shape index (κ3) is 4.14. The van der Waals surface area contributed by atoms with Crippen LogP contribution in [0.15, 0.2) is 54.6 Å². The van der Waals surface area contributed by atoms with Crippen LogP contribution < -0.4 is 4.90 Å². The maximum Gasteiger partial charge on any atom is 0.0406 e. The Hall–Kier alpha value is -1.73. The lowest BCUT2D eigenvalue weighted by Crippen LogP contribution is -2.16. The van der Waals surface area contributed by atoms with E-state index in [0.717, 1.165) is 18.0 Å². The molecule has 0 atom stereocenters. The Morgan fingerprint density at radius 1 is 1.00 bits per heavy atom. The molecule has 0 saturated carbocycles. The van der Waals surface area contributed by atoms with Gasteiger partial charge in [-0.3, -0.25) is 0 Å². The van der Waals surface area contributed by atoms with Crippen LogP contribution in [-0.4, -0.2) is 13.6 Å². The average Bonchev–Trinajstić information content (AvgIpc) is 2.49. The second kappa shape index (κ2) is 7.16. The van der Waals surface area contributed by atoms with Gasteiger partial charge in [-0.15, -0.1) is 0 Å². The van der Waals surface area contributed by atoms with Crippen LogP contribution >= 0.6 is 11.6 Å². The fourth-order valence-corrected chi connectivity index (χ4v) is 2.14. The SMILES string of the molecule is CCc1ccc(N(C)C/C=C/c2ccc(Cl)cc2)cc1. The van der Waals surface area contributed by atoms with Crippen molar-refractivity contribution in [2.75, 3.05) is 18.5 Å². The Morgan fingerprint density at radius 2 is 1.65 bits per heavy atom. The number of benzene rings is 2. The highest BCUT2D eigenvalue weighted by atomic mass is 35.5. The first-order valence-electron chi connectivity index (χ1n) is 6.91. The molecule has 0 aliphatic carbocycles. The Labute approximate surface area is 126 Å². The minimum Gasteiger partial charge on any atom is -0.371 e. The molecule has 0 heterocycles. The maximum atomic E-state index is 5.87. The molecular weight excluding hydrogens is 266 g/mol. The zero-order valence-electron chi connectivity index (χ0n) is 12.0. The third-order valence-corrected chi connectivity index (χ3v) is 3.60. The second-order valence-electron chi connectivity index (χ2n) is 4.85. The van der Waals surface area contributed by atoms with Crippen LogP contribution in [0.5, 0.6) is 0 Å². The largest absolute Gasteiger partial charge is 0.371 e. The first kappa shape index (κ1) is 14.7. The van der Waals surface area contributed by atoms with Crippen molar-refractivity contribution in [1.82, 2.24) is 0 Å². The average molecular weight is 286 g/mol. The molecule has 0 aromatic heterocycles. The van der Waals surface area contributed by atoms with Gasteiger partial charge in [0, 0.05) is 24.3 Å². The van der Waals surface area contributed by atoms with Crippen LogP contribution in [0.25, 0.3) is 6.08 Å². The quantitative estimate of drug-likeness (QED) is 0.743. The smallest absolute Gasteiger partial charge is 0.0406 e. The van der Waals surface area contributed by atoms with Crippen LogP contribution in [0.3, 0.4) is 0 Å². The van der Waals surface area contributed by atoms with E-state index in [9.17, 15) is 0 Å². The summed E-state index contributed by atoms with van der Waals surface area (Å²) in [5.74, 6) is 0. The van der Waals surface area contributed by atoms with E-state index in [1.54, 1.807) is 0 Å². The number of likely N-dealkylation sites (N-methyl/N-ethyl adjacent to an activating group) is 1. The van der Waals surface area contributed by atoms with Crippen LogP contribution in [-0.2, 0) is 6.42 Å². The minimum atomic E-state index is 0.773. The molecule has 2 aromatic rings. The Kier molecular flexibility index (Phi) is 5.25. The lowest BCUT2D eigenvalue weighted by molar-refractivity contribution is 1.03. The van der Waals surface area contributed by atoms with Crippen molar-refractivity contribution in [2.24, 2.45) is 0 Å². The molecule has 2 aromatic carbocycles. The lowest BCUT2D eigenvalue weighted by Gasteiger charge is -2.17. The molecule has 0 bridgehead atoms. The molecule has 1 nitrogen and oxygen atoms in total. The van der Waals surface area contributed by atoms with E-state index in [2.05, 4.69) is 55.3 Å². The topological polar surface area (TPSA) is 3.24 Å². The molecule has 20 heavy (non-hydrogen) atoms. The van der Waals surface area contributed by atoms with Crippen LogP contribution in [0, 0.1) is 0 Å². The first-order chi connectivity index (χ1) is 9.69. The van der Waals surface area contributed by atoms with E-state index >= 15 is 0 Å². The minimum absolute atomic E-state index is 0.773. The summed E-state index contributed by atoms with van der Waals surface area (Å²) in [7, 11) is 2.10.